The van der Waals surface area contributed by atoms with Crippen LogP contribution in [0.25, 0.3) is 0 Å². The Bertz CT molecular complexity index is 379. The molecule has 0 aromatic heterocycles. The molecule has 0 aromatic carbocycles. The fourth-order valence-corrected chi connectivity index (χ4v) is 5.63. The van der Waals surface area contributed by atoms with E-state index in [0.717, 1.165) is 36.5 Å². The summed E-state index contributed by atoms with van der Waals surface area (Å²) in [5.41, 5.74) is 0.389. The molecule has 0 N–H and O–H groups in total. The molecule has 1 saturated heterocycles. The number of piperidine rings is 1. The molecular weight excluding hydrogens is 234 g/mol. The largest absolute Gasteiger partial charge is 0.342 e. The van der Waals surface area contributed by atoms with E-state index in [1.807, 2.05) is 7.05 Å². The lowest BCUT2D eigenvalue weighted by Gasteiger charge is -2.59. The molecule has 6 unspecified atom stereocenters. The quantitative estimate of drug-likeness (QED) is 0.652. The molecule has 3 rings (SSSR count). The Labute approximate surface area is 117 Å². The molecule has 108 valence electrons. The summed E-state index contributed by atoms with van der Waals surface area (Å²) in [6.07, 6.45) is 7.26. The topological polar surface area (TPSA) is 20.3 Å². The maximum Gasteiger partial charge on any atom is 0.222 e. The number of hydrogen-bond donors (Lipinski definition) is 0. The normalized spacial score (nSPS) is 50.6. The minimum Gasteiger partial charge on any atom is -0.342 e. The molecule has 2 nitrogen and oxygen atoms in total. The van der Waals surface area contributed by atoms with Crippen LogP contribution in [0.4, 0.5) is 0 Å². The van der Waals surface area contributed by atoms with Crippen molar-refractivity contribution in [1.29, 1.82) is 0 Å². The highest BCUT2D eigenvalue weighted by molar-refractivity contribution is 5.77. The van der Waals surface area contributed by atoms with Crippen molar-refractivity contribution in [3.8, 4) is 0 Å². The zero-order valence-corrected chi connectivity index (χ0v) is 13.0. The second kappa shape index (κ2) is 4.49. The molecule has 6 atom stereocenters. The second-order valence-electron chi connectivity index (χ2n) is 7.79. The van der Waals surface area contributed by atoms with Gasteiger partial charge in [-0.3, -0.25) is 4.79 Å². The van der Waals surface area contributed by atoms with Gasteiger partial charge in [-0.2, -0.15) is 0 Å². The van der Waals surface area contributed by atoms with E-state index >= 15 is 0 Å². The second-order valence-corrected chi connectivity index (χ2v) is 7.79. The van der Waals surface area contributed by atoms with Crippen molar-refractivity contribution >= 4 is 5.91 Å². The van der Waals surface area contributed by atoms with E-state index in [-0.39, 0.29) is 0 Å². The van der Waals surface area contributed by atoms with Gasteiger partial charge in [0.15, 0.2) is 0 Å². The molecule has 1 aliphatic heterocycles. The SMILES string of the molecule is CC1CCC2C(CCC3N(C)C(=O)CCC23C)C1C. The third-order valence-corrected chi connectivity index (χ3v) is 7.14. The molecule has 2 heteroatoms. The van der Waals surface area contributed by atoms with Gasteiger partial charge >= 0.3 is 0 Å². The average Bonchev–Trinajstić information content (AvgIpc) is 2.39. The monoisotopic (exact) mass is 263 g/mol. The molecule has 2 saturated carbocycles. The zero-order valence-electron chi connectivity index (χ0n) is 13.0. The molecule has 2 aliphatic carbocycles. The fraction of sp³-hybridized carbons (Fsp3) is 0.941. The van der Waals surface area contributed by atoms with Crippen LogP contribution in [0, 0.1) is 29.1 Å². The Morgan fingerprint density at radius 1 is 1.16 bits per heavy atom. The van der Waals surface area contributed by atoms with Crippen molar-refractivity contribution in [1.82, 2.24) is 4.90 Å². The smallest absolute Gasteiger partial charge is 0.222 e. The maximum atomic E-state index is 12.0. The predicted molar refractivity (Wildman–Crippen MR) is 77.7 cm³/mol. The Balaban J connectivity index is 1.89. The fourth-order valence-electron chi connectivity index (χ4n) is 5.63. The molecule has 1 amide bonds. The number of fused-ring (bicyclic) bond motifs is 3. The van der Waals surface area contributed by atoms with E-state index in [0.29, 0.717) is 17.4 Å². The number of carbonyl (C=O) groups excluding carboxylic acids is 1. The number of amides is 1. The average molecular weight is 263 g/mol. The molecule has 0 bridgehead atoms. The van der Waals surface area contributed by atoms with Crippen LogP contribution >= 0.6 is 0 Å². The van der Waals surface area contributed by atoms with Crippen LogP contribution in [-0.4, -0.2) is 23.9 Å². The van der Waals surface area contributed by atoms with Crippen molar-refractivity contribution in [2.24, 2.45) is 29.1 Å². The zero-order chi connectivity index (χ0) is 13.8. The van der Waals surface area contributed by atoms with Crippen LogP contribution in [0.5, 0.6) is 0 Å². The predicted octanol–water partition coefficient (Wildman–Crippen LogP) is 3.71. The Hall–Kier alpha value is -0.530. The van der Waals surface area contributed by atoms with Gasteiger partial charge in [0, 0.05) is 19.5 Å². The lowest BCUT2D eigenvalue weighted by molar-refractivity contribution is -0.153. The van der Waals surface area contributed by atoms with Gasteiger partial charge in [-0.25, -0.2) is 0 Å². The Morgan fingerprint density at radius 3 is 2.63 bits per heavy atom. The molecule has 1 heterocycles. The van der Waals surface area contributed by atoms with E-state index in [9.17, 15) is 4.79 Å². The van der Waals surface area contributed by atoms with Gasteiger partial charge in [0.2, 0.25) is 5.91 Å². The van der Waals surface area contributed by atoms with Gasteiger partial charge in [-0.05, 0) is 54.8 Å². The molecule has 3 aliphatic rings. The molecule has 0 spiro atoms. The molecule has 3 fully saturated rings. The van der Waals surface area contributed by atoms with E-state index in [2.05, 4.69) is 25.7 Å². The summed E-state index contributed by atoms with van der Waals surface area (Å²) in [6.45, 7) is 7.40. The first-order valence-electron chi connectivity index (χ1n) is 8.21. The van der Waals surface area contributed by atoms with Gasteiger partial charge in [-0.15, -0.1) is 0 Å². The van der Waals surface area contributed by atoms with E-state index in [1.54, 1.807) is 0 Å². The van der Waals surface area contributed by atoms with Crippen LogP contribution in [0.15, 0.2) is 0 Å². The van der Waals surface area contributed by atoms with Crippen LogP contribution < -0.4 is 0 Å². The maximum absolute atomic E-state index is 12.0. The van der Waals surface area contributed by atoms with Crippen LogP contribution in [0.1, 0.15) is 59.3 Å². The lowest BCUT2D eigenvalue weighted by atomic mass is 9.50. The number of nitrogens with zero attached hydrogens (tertiary/aromatic N) is 1. The van der Waals surface area contributed by atoms with Crippen LogP contribution in [0.3, 0.4) is 0 Å². The third-order valence-electron chi connectivity index (χ3n) is 7.14. The summed E-state index contributed by atoms with van der Waals surface area (Å²) in [5, 5.41) is 0. The Kier molecular flexibility index (Phi) is 3.18. The first kappa shape index (κ1) is 13.5. The standard InChI is InChI=1S/C17H29NO/c1-11-5-7-14-13(12(11)2)6-8-15-17(14,3)10-9-16(19)18(15)4/h11-15H,5-10H2,1-4H3. The highest BCUT2D eigenvalue weighted by atomic mass is 16.2. The van der Waals surface area contributed by atoms with Crippen molar-refractivity contribution in [2.45, 2.75) is 65.3 Å². The highest BCUT2D eigenvalue weighted by Gasteiger charge is 2.54. The van der Waals surface area contributed by atoms with Gasteiger partial charge in [0.05, 0.1) is 0 Å². The van der Waals surface area contributed by atoms with Crippen molar-refractivity contribution < 1.29 is 4.79 Å². The minimum atomic E-state index is 0.373. The number of rotatable bonds is 0. The molecule has 0 aromatic rings. The van der Waals surface area contributed by atoms with Crippen LogP contribution in [0.2, 0.25) is 0 Å². The molecular formula is C17H29NO. The van der Waals surface area contributed by atoms with E-state index in [1.165, 1.54) is 25.7 Å². The van der Waals surface area contributed by atoms with Crippen molar-refractivity contribution in [3.63, 3.8) is 0 Å². The van der Waals surface area contributed by atoms with E-state index in [4.69, 9.17) is 0 Å². The van der Waals surface area contributed by atoms with Crippen molar-refractivity contribution in [2.75, 3.05) is 7.05 Å². The Morgan fingerprint density at radius 2 is 1.89 bits per heavy atom. The van der Waals surface area contributed by atoms with E-state index < -0.39 is 0 Å². The van der Waals surface area contributed by atoms with Crippen LogP contribution in [-0.2, 0) is 4.79 Å². The summed E-state index contributed by atoms with van der Waals surface area (Å²) < 4.78 is 0. The highest BCUT2D eigenvalue weighted by Crippen LogP contribution is 2.58. The number of hydrogen-bond acceptors (Lipinski definition) is 1. The summed E-state index contributed by atoms with van der Waals surface area (Å²) in [5.74, 6) is 3.90. The summed E-state index contributed by atoms with van der Waals surface area (Å²) in [6, 6.07) is 0.510. The van der Waals surface area contributed by atoms with Gasteiger partial charge in [0.1, 0.15) is 0 Å². The van der Waals surface area contributed by atoms with Crippen molar-refractivity contribution in [3.05, 3.63) is 0 Å². The molecule has 19 heavy (non-hydrogen) atoms. The molecule has 0 radical (unpaired) electrons. The summed E-state index contributed by atoms with van der Waals surface area (Å²) in [7, 11) is 2.04. The number of carbonyl (C=O) groups is 1. The third kappa shape index (κ3) is 1.86. The van der Waals surface area contributed by atoms with Gasteiger partial charge < -0.3 is 4.90 Å². The first-order chi connectivity index (χ1) is 8.95. The van der Waals surface area contributed by atoms with Gasteiger partial charge in [0.25, 0.3) is 0 Å². The summed E-state index contributed by atoms with van der Waals surface area (Å²) >= 11 is 0. The lowest BCUT2D eigenvalue weighted by Crippen LogP contribution is -2.60. The minimum absolute atomic E-state index is 0.373. The first-order valence-corrected chi connectivity index (χ1v) is 8.21. The summed E-state index contributed by atoms with van der Waals surface area (Å²) in [4.78, 5) is 14.1. The van der Waals surface area contributed by atoms with Gasteiger partial charge in [-0.1, -0.05) is 27.2 Å². The number of likely N-dealkylation sites (tertiary alicyclic amines) is 1.